The van der Waals surface area contributed by atoms with Crippen molar-refractivity contribution in [2.75, 3.05) is 13.7 Å². The van der Waals surface area contributed by atoms with Crippen molar-refractivity contribution in [2.45, 2.75) is 27.0 Å². The van der Waals surface area contributed by atoms with Crippen molar-refractivity contribution >= 4 is 0 Å². The minimum absolute atomic E-state index is 0.123. The van der Waals surface area contributed by atoms with E-state index in [0.717, 1.165) is 22.5 Å². The van der Waals surface area contributed by atoms with Crippen LogP contribution in [0.4, 0.5) is 0 Å². The summed E-state index contributed by atoms with van der Waals surface area (Å²) in [5.41, 5.74) is 3.37. The molecule has 0 amide bonds. The average Bonchev–Trinajstić information content (AvgIpc) is 2.79. The molecule has 2 aromatic rings. The highest BCUT2D eigenvalue weighted by atomic mass is 16.5. The molecule has 0 aliphatic rings. The topological polar surface area (TPSA) is 60.2 Å². The molecule has 19 heavy (non-hydrogen) atoms. The van der Waals surface area contributed by atoms with Crippen molar-refractivity contribution in [3.05, 3.63) is 35.2 Å². The lowest BCUT2D eigenvalue weighted by Gasteiger charge is -2.12. The summed E-state index contributed by atoms with van der Waals surface area (Å²) in [6, 6.07) is 6.13. The number of benzene rings is 1. The normalized spacial score (nSPS) is 10.9. The molecule has 0 fully saturated rings. The van der Waals surface area contributed by atoms with Gasteiger partial charge in [0.2, 0.25) is 0 Å². The van der Waals surface area contributed by atoms with E-state index in [1.807, 2.05) is 10.6 Å². The predicted molar refractivity (Wildman–Crippen MR) is 72.7 cm³/mol. The van der Waals surface area contributed by atoms with Gasteiger partial charge in [-0.3, -0.25) is 0 Å². The monoisotopic (exact) mass is 261 g/mol. The molecule has 0 saturated carbocycles. The van der Waals surface area contributed by atoms with Crippen LogP contribution >= 0.6 is 0 Å². The lowest BCUT2D eigenvalue weighted by Crippen LogP contribution is -2.10. The summed E-state index contributed by atoms with van der Waals surface area (Å²) < 4.78 is 7.02. The van der Waals surface area contributed by atoms with E-state index in [1.54, 1.807) is 7.11 Å². The number of methoxy groups -OCH3 is 1. The first kappa shape index (κ1) is 13.7. The number of aromatic nitrogens is 3. The van der Waals surface area contributed by atoms with Crippen LogP contribution < -0.4 is 0 Å². The van der Waals surface area contributed by atoms with Gasteiger partial charge in [-0.2, -0.15) is 0 Å². The highest BCUT2D eigenvalue weighted by molar-refractivity contribution is 5.64. The summed E-state index contributed by atoms with van der Waals surface area (Å²) in [5, 5.41) is 17.6. The van der Waals surface area contributed by atoms with E-state index in [9.17, 15) is 5.11 Å². The first-order valence-electron chi connectivity index (χ1n) is 6.27. The van der Waals surface area contributed by atoms with Gasteiger partial charge < -0.3 is 14.4 Å². The van der Waals surface area contributed by atoms with E-state index in [0.29, 0.717) is 19.0 Å². The van der Waals surface area contributed by atoms with Crippen LogP contribution in [0.5, 0.6) is 0 Å². The van der Waals surface area contributed by atoms with Crippen molar-refractivity contribution in [3.63, 3.8) is 0 Å². The smallest absolute Gasteiger partial charge is 0.164 e. The lowest BCUT2D eigenvalue weighted by molar-refractivity contribution is 0.183. The van der Waals surface area contributed by atoms with Gasteiger partial charge in [-0.25, -0.2) is 0 Å². The Kier molecular flexibility index (Phi) is 4.29. The molecule has 0 aliphatic heterocycles. The minimum Gasteiger partial charge on any atom is -0.388 e. The van der Waals surface area contributed by atoms with E-state index >= 15 is 0 Å². The second-order valence-electron chi connectivity index (χ2n) is 4.51. The van der Waals surface area contributed by atoms with Gasteiger partial charge in [0.25, 0.3) is 0 Å². The van der Waals surface area contributed by atoms with Crippen LogP contribution in [0.15, 0.2) is 18.2 Å². The average molecular weight is 261 g/mol. The molecule has 5 nitrogen and oxygen atoms in total. The molecule has 0 saturated heterocycles. The summed E-state index contributed by atoms with van der Waals surface area (Å²) in [6.45, 7) is 5.17. The number of rotatable bonds is 5. The van der Waals surface area contributed by atoms with Crippen molar-refractivity contribution in [1.29, 1.82) is 0 Å². The highest BCUT2D eigenvalue weighted by Crippen LogP contribution is 2.26. The zero-order chi connectivity index (χ0) is 13.8. The molecule has 0 bridgehead atoms. The van der Waals surface area contributed by atoms with E-state index in [4.69, 9.17) is 4.74 Å². The Morgan fingerprint density at radius 2 is 1.89 bits per heavy atom. The van der Waals surface area contributed by atoms with Gasteiger partial charge in [0.05, 0.1) is 6.61 Å². The molecule has 1 heterocycles. The van der Waals surface area contributed by atoms with Gasteiger partial charge in [0.15, 0.2) is 11.6 Å². The number of ether oxygens (including phenoxy) is 1. The van der Waals surface area contributed by atoms with E-state index in [2.05, 4.69) is 36.2 Å². The third-order valence-electron chi connectivity index (χ3n) is 3.19. The Labute approximate surface area is 112 Å². The van der Waals surface area contributed by atoms with Crippen molar-refractivity contribution < 1.29 is 9.84 Å². The fourth-order valence-electron chi connectivity index (χ4n) is 2.22. The van der Waals surface area contributed by atoms with E-state index in [1.165, 1.54) is 0 Å². The quantitative estimate of drug-likeness (QED) is 0.890. The molecule has 0 aliphatic carbocycles. The van der Waals surface area contributed by atoms with Gasteiger partial charge in [0.1, 0.15) is 6.61 Å². The first-order chi connectivity index (χ1) is 9.19. The summed E-state index contributed by atoms with van der Waals surface area (Å²) in [7, 11) is 1.65. The number of hydrogen-bond donors (Lipinski definition) is 1. The molecule has 1 aromatic carbocycles. The number of hydrogen-bond acceptors (Lipinski definition) is 4. The third-order valence-corrected chi connectivity index (χ3v) is 3.19. The van der Waals surface area contributed by atoms with Crippen molar-refractivity contribution in [1.82, 2.24) is 14.8 Å². The van der Waals surface area contributed by atoms with Crippen molar-refractivity contribution in [3.8, 4) is 11.4 Å². The van der Waals surface area contributed by atoms with Crippen LogP contribution in [0.2, 0.25) is 0 Å². The Hall–Kier alpha value is -1.72. The van der Waals surface area contributed by atoms with Crippen LogP contribution in [0.1, 0.15) is 17.0 Å². The molecular weight excluding hydrogens is 242 g/mol. The van der Waals surface area contributed by atoms with Crippen LogP contribution in [-0.4, -0.2) is 33.6 Å². The number of nitrogens with zero attached hydrogens (tertiary/aromatic N) is 3. The summed E-state index contributed by atoms with van der Waals surface area (Å²) in [4.78, 5) is 0. The Bertz CT molecular complexity index is 544. The second kappa shape index (κ2) is 5.95. The Morgan fingerprint density at radius 1 is 1.21 bits per heavy atom. The highest BCUT2D eigenvalue weighted by Gasteiger charge is 2.16. The first-order valence-corrected chi connectivity index (χ1v) is 6.27. The minimum atomic E-state index is -0.123. The summed E-state index contributed by atoms with van der Waals surface area (Å²) in [5.74, 6) is 1.35. The van der Waals surface area contributed by atoms with Gasteiger partial charge in [-0.15, -0.1) is 10.2 Å². The molecular formula is C14H19N3O2. The largest absolute Gasteiger partial charge is 0.388 e. The van der Waals surface area contributed by atoms with Crippen LogP contribution in [0, 0.1) is 13.8 Å². The molecule has 5 heteroatoms. The third kappa shape index (κ3) is 2.67. The Morgan fingerprint density at radius 3 is 2.47 bits per heavy atom. The Balaban J connectivity index is 2.52. The molecule has 0 spiro atoms. The zero-order valence-corrected chi connectivity index (χ0v) is 11.6. The molecule has 2 rings (SSSR count). The maximum atomic E-state index is 9.35. The summed E-state index contributed by atoms with van der Waals surface area (Å²) in [6.07, 6.45) is 0. The summed E-state index contributed by atoms with van der Waals surface area (Å²) >= 11 is 0. The molecule has 1 aromatic heterocycles. The van der Waals surface area contributed by atoms with Crippen LogP contribution in [-0.2, 0) is 17.9 Å². The SMILES string of the molecule is COCCn1c(CO)nnc1-c1c(C)cccc1C. The van der Waals surface area contributed by atoms with Gasteiger partial charge in [-0.1, -0.05) is 18.2 Å². The maximum Gasteiger partial charge on any atom is 0.164 e. The molecule has 1 N–H and O–H groups in total. The lowest BCUT2D eigenvalue weighted by atomic mass is 10.0. The van der Waals surface area contributed by atoms with E-state index in [-0.39, 0.29) is 6.61 Å². The number of aliphatic hydroxyl groups is 1. The van der Waals surface area contributed by atoms with Gasteiger partial charge >= 0.3 is 0 Å². The van der Waals surface area contributed by atoms with Crippen LogP contribution in [0.3, 0.4) is 0 Å². The van der Waals surface area contributed by atoms with Gasteiger partial charge in [0, 0.05) is 19.2 Å². The fraction of sp³-hybridized carbons (Fsp3) is 0.429. The fourth-order valence-corrected chi connectivity index (χ4v) is 2.22. The van der Waals surface area contributed by atoms with Gasteiger partial charge in [-0.05, 0) is 25.0 Å². The molecule has 0 atom stereocenters. The second-order valence-corrected chi connectivity index (χ2v) is 4.51. The van der Waals surface area contributed by atoms with Crippen LogP contribution in [0.25, 0.3) is 11.4 Å². The maximum absolute atomic E-state index is 9.35. The predicted octanol–water partition coefficient (Wildman–Crippen LogP) is 1.70. The molecule has 102 valence electrons. The molecule has 0 unspecified atom stereocenters. The molecule has 0 radical (unpaired) electrons. The zero-order valence-electron chi connectivity index (χ0n) is 11.6. The number of aryl methyl sites for hydroxylation is 2. The van der Waals surface area contributed by atoms with Crippen molar-refractivity contribution in [2.24, 2.45) is 0 Å². The van der Waals surface area contributed by atoms with E-state index < -0.39 is 0 Å². The number of aliphatic hydroxyl groups excluding tert-OH is 1. The standard InChI is InChI=1S/C14H19N3O2/c1-10-5-4-6-11(2)13(10)14-16-15-12(9-18)17(14)7-8-19-3/h4-6,18H,7-9H2,1-3H3.